The quantitative estimate of drug-likeness (QED) is 0.772. The average molecular weight is 246 g/mol. The summed E-state index contributed by atoms with van der Waals surface area (Å²) in [7, 11) is -2.85. The topological polar surface area (TPSA) is 49.4 Å². The summed E-state index contributed by atoms with van der Waals surface area (Å²) in [6.07, 6.45) is 4.05. The highest BCUT2D eigenvalue weighted by Crippen LogP contribution is 2.15. The molecule has 0 aliphatic carbocycles. The monoisotopic (exact) mass is 246 g/mol. The molecule has 0 spiro atoms. The lowest BCUT2D eigenvalue weighted by Gasteiger charge is -2.24. The predicted octanol–water partition coefficient (Wildman–Crippen LogP) is 0.249. The summed E-state index contributed by atoms with van der Waals surface area (Å²) in [6.45, 7) is 4.62. The Morgan fingerprint density at radius 1 is 1.12 bits per heavy atom. The Labute approximate surface area is 98.3 Å². The van der Waals surface area contributed by atoms with Gasteiger partial charge < -0.3 is 10.2 Å². The van der Waals surface area contributed by atoms with Crippen LogP contribution in [0.3, 0.4) is 0 Å². The predicted molar refractivity (Wildman–Crippen MR) is 65.4 cm³/mol. The van der Waals surface area contributed by atoms with Crippen LogP contribution in [0.15, 0.2) is 0 Å². The molecule has 0 aromatic heterocycles. The van der Waals surface area contributed by atoms with E-state index in [0.717, 1.165) is 45.6 Å². The second-order valence-corrected chi connectivity index (χ2v) is 7.27. The molecule has 2 fully saturated rings. The molecule has 16 heavy (non-hydrogen) atoms. The summed E-state index contributed by atoms with van der Waals surface area (Å²) >= 11 is 0. The van der Waals surface area contributed by atoms with Crippen LogP contribution in [0, 0.1) is 0 Å². The van der Waals surface area contributed by atoms with Crippen LogP contribution in [0.2, 0.25) is 0 Å². The lowest BCUT2D eigenvalue weighted by atomic mass is 10.2. The standard InChI is InChI=1S/C11H22N2O2S/c14-16(15,11-3-5-12-6-4-11)10-9-13-7-1-2-8-13/h11-12H,1-10H2. The third kappa shape index (κ3) is 3.18. The Hall–Kier alpha value is -0.130. The van der Waals surface area contributed by atoms with E-state index in [1.165, 1.54) is 12.8 Å². The molecule has 0 radical (unpaired) electrons. The van der Waals surface area contributed by atoms with E-state index in [-0.39, 0.29) is 5.25 Å². The third-order valence-electron chi connectivity index (χ3n) is 3.68. The summed E-state index contributed by atoms with van der Waals surface area (Å²) in [6, 6.07) is 0. The zero-order chi connectivity index (χ0) is 11.4. The molecule has 2 heterocycles. The van der Waals surface area contributed by atoms with Crippen molar-refractivity contribution < 1.29 is 8.42 Å². The van der Waals surface area contributed by atoms with Crippen molar-refractivity contribution in [2.75, 3.05) is 38.5 Å². The summed E-state index contributed by atoms with van der Waals surface area (Å²) in [5.74, 6) is 0.359. The van der Waals surface area contributed by atoms with E-state index in [4.69, 9.17) is 0 Å². The van der Waals surface area contributed by atoms with Crippen molar-refractivity contribution in [2.45, 2.75) is 30.9 Å². The molecule has 0 bridgehead atoms. The zero-order valence-corrected chi connectivity index (χ0v) is 10.6. The van der Waals surface area contributed by atoms with Crippen LogP contribution in [0.1, 0.15) is 25.7 Å². The molecule has 2 rings (SSSR count). The molecule has 94 valence electrons. The molecule has 0 unspecified atom stereocenters. The molecule has 4 nitrogen and oxygen atoms in total. The first-order valence-electron chi connectivity index (χ1n) is 6.33. The summed E-state index contributed by atoms with van der Waals surface area (Å²) < 4.78 is 24.2. The summed E-state index contributed by atoms with van der Waals surface area (Å²) in [5.41, 5.74) is 0. The minimum atomic E-state index is -2.85. The highest BCUT2D eigenvalue weighted by molar-refractivity contribution is 7.92. The van der Waals surface area contributed by atoms with Crippen molar-refractivity contribution in [1.29, 1.82) is 0 Å². The van der Waals surface area contributed by atoms with E-state index in [1.54, 1.807) is 0 Å². The van der Waals surface area contributed by atoms with Gasteiger partial charge in [-0.05, 0) is 51.9 Å². The van der Waals surface area contributed by atoms with Crippen LogP contribution in [-0.4, -0.2) is 57.0 Å². The van der Waals surface area contributed by atoms with Crippen LogP contribution in [0.25, 0.3) is 0 Å². The molecule has 0 aromatic carbocycles. The number of nitrogens with zero attached hydrogens (tertiary/aromatic N) is 1. The fourth-order valence-electron chi connectivity index (χ4n) is 2.58. The number of sulfone groups is 1. The van der Waals surface area contributed by atoms with Crippen molar-refractivity contribution in [3.8, 4) is 0 Å². The SMILES string of the molecule is O=S(=O)(CCN1CCCC1)C1CCNCC1. The first-order chi connectivity index (χ1) is 7.68. The van der Waals surface area contributed by atoms with Crippen molar-refractivity contribution in [3.63, 3.8) is 0 Å². The van der Waals surface area contributed by atoms with E-state index in [1.807, 2.05) is 0 Å². The third-order valence-corrected chi connectivity index (χ3v) is 5.92. The fourth-order valence-corrected chi connectivity index (χ4v) is 4.38. The molecule has 0 amide bonds. The molecular formula is C11H22N2O2S. The Morgan fingerprint density at radius 2 is 1.75 bits per heavy atom. The molecule has 5 heteroatoms. The number of rotatable bonds is 4. The van der Waals surface area contributed by atoms with Gasteiger partial charge in [-0.2, -0.15) is 0 Å². The zero-order valence-electron chi connectivity index (χ0n) is 9.82. The van der Waals surface area contributed by atoms with Crippen LogP contribution < -0.4 is 5.32 Å². The van der Waals surface area contributed by atoms with Crippen molar-refractivity contribution >= 4 is 9.84 Å². The van der Waals surface area contributed by atoms with E-state index in [2.05, 4.69) is 10.2 Å². The minimum Gasteiger partial charge on any atom is -0.317 e. The Bertz CT molecular complexity index is 304. The van der Waals surface area contributed by atoms with Gasteiger partial charge in [-0.25, -0.2) is 8.42 Å². The minimum absolute atomic E-state index is 0.0867. The van der Waals surface area contributed by atoms with Crippen LogP contribution in [-0.2, 0) is 9.84 Å². The fraction of sp³-hybridized carbons (Fsp3) is 1.00. The van der Waals surface area contributed by atoms with Gasteiger partial charge >= 0.3 is 0 Å². The first-order valence-corrected chi connectivity index (χ1v) is 8.05. The normalized spacial score (nSPS) is 25.0. The van der Waals surface area contributed by atoms with Gasteiger partial charge in [0.25, 0.3) is 0 Å². The summed E-state index contributed by atoms with van der Waals surface area (Å²) in [5, 5.41) is 3.12. The van der Waals surface area contributed by atoms with Crippen molar-refractivity contribution in [3.05, 3.63) is 0 Å². The van der Waals surface area contributed by atoms with Crippen LogP contribution >= 0.6 is 0 Å². The highest BCUT2D eigenvalue weighted by Gasteiger charge is 2.27. The van der Waals surface area contributed by atoms with Gasteiger partial charge in [0.1, 0.15) is 0 Å². The largest absolute Gasteiger partial charge is 0.317 e. The smallest absolute Gasteiger partial charge is 0.154 e. The molecule has 0 atom stereocenters. The second-order valence-electron chi connectivity index (χ2n) is 4.87. The van der Waals surface area contributed by atoms with Gasteiger partial charge in [0.05, 0.1) is 11.0 Å². The number of nitrogens with one attached hydrogen (secondary N) is 1. The Balaban J connectivity index is 1.81. The van der Waals surface area contributed by atoms with Gasteiger partial charge in [-0.3, -0.25) is 0 Å². The van der Waals surface area contributed by atoms with Gasteiger partial charge in [0.15, 0.2) is 9.84 Å². The summed E-state index contributed by atoms with van der Waals surface area (Å²) in [4.78, 5) is 2.28. The lowest BCUT2D eigenvalue weighted by Crippen LogP contribution is -2.39. The molecule has 2 aliphatic rings. The van der Waals surface area contributed by atoms with E-state index < -0.39 is 9.84 Å². The second kappa shape index (κ2) is 5.47. The molecule has 1 N–H and O–H groups in total. The van der Waals surface area contributed by atoms with E-state index in [9.17, 15) is 8.42 Å². The van der Waals surface area contributed by atoms with Gasteiger partial charge in [0, 0.05) is 6.54 Å². The van der Waals surface area contributed by atoms with Crippen molar-refractivity contribution in [1.82, 2.24) is 10.2 Å². The van der Waals surface area contributed by atoms with Crippen LogP contribution in [0.5, 0.6) is 0 Å². The van der Waals surface area contributed by atoms with Gasteiger partial charge in [0.2, 0.25) is 0 Å². The number of hydrogen-bond acceptors (Lipinski definition) is 4. The molecular weight excluding hydrogens is 224 g/mol. The molecule has 2 saturated heterocycles. The Morgan fingerprint density at radius 3 is 2.38 bits per heavy atom. The lowest BCUT2D eigenvalue weighted by molar-refractivity contribution is 0.358. The van der Waals surface area contributed by atoms with Gasteiger partial charge in [-0.1, -0.05) is 0 Å². The first kappa shape index (κ1) is 12.3. The number of likely N-dealkylation sites (tertiary alicyclic amines) is 1. The van der Waals surface area contributed by atoms with Crippen molar-refractivity contribution in [2.24, 2.45) is 0 Å². The van der Waals surface area contributed by atoms with Gasteiger partial charge in [-0.15, -0.1) is 0 Å². The van der Waals surface area contributed by atoms with E-state index in [0.29, 0.717) is 5.75 Å². The maximum absolute atomic E-state index is 12.1. The van der Waals surface area contributed by atoms with Crippen LogP contribution in [0.4, 0.5) is 0 Å². The highest BCUT2D eigenvalue weighted by atomic mass is 32.2. The maximum atomic E-state index is 12.1. The molecule has 2 aliphatic heterocycles. The Kier molecular flexibility index (Phi) is 4.21. The molecule has 0 saturated carbocycles. The maximum Gasteiger partial charge on any atom is 0.154 e. The van der Waals surface area contributed by atoms with E-state index >= 15 is 0 Å². The average Bonchev–Trinajstić information content (AvgIpc) is 2.81. The number of hydrogen-bond donors (Lipinski definition) is 1. The molecule has 0 aromatic rings. The number of piperidine rings is 1.